The van der Waals surface area contributed by atoms with Gasteiger partial charge in [0.25, 0.3) is 0 Å². The fourth-order valence-corrected chi connectivity index (χ4v) is 3.60. The quantitative estimate of drug-likeness (QED) is 0.629. The molecule has 116 valence electrons. The van der Waals surface area contributed by atoms with E-state index >= 15 is 0 Å². The predicted octanol–water partition coefficient (Wildman–Crippen LogP) is 1.90. The van der Waals surface area contributed by atoms with Gasteiger partial charge in [0.1, 0.15) is 0 Å². The molecule has 1 saturated heterocycles. The maximum Gasteiger partial charge on any atom is 0.237 e. The number of fused-ring (bicyclic) bond motifs is 3. The molecule has 0 bridgehead atoms. The van der Waals surface area contributed by atoms with Gasteiger partial charge in [0, 0.05) is 12.1 Å². The predicted molar refractivity (Wildman–Crippen MR) is 81.0 cm³/mol. The minimum atomic E-state index is -0.406. The van der Waals surface area contributed by atoms with Gasteiger partial charge in [-0.3, -0.25) is 14.5 Å². The Labute approximate surface area is 129 Å². The van der Waals surface area contributed by atoms with Crippen molar-refractivity contribution in [2.45, 2.75) is 18.8 Å². The van der Waals surface area contributed by atoms with Crippen molar-refractivity contribution >= 4 is 11.8 Å². The highest BCUT2D eigenvalue weighted by atomic mass is 16.5. The van der Waals surface area contributed by atoms with Crippen LogP contribution in [0.1, 0.15) is 23.5 Å². The number of benzene rings is 1. The third kappa shape index (κ3) is 1.92. The average Bonchev–Trinajstić information content (AvgIpc) is 2.79. The van der Waals surface area contributed by atoms with E-state index in [1.807, 2.05) is 6.07 Å². The first-order chi connectivity index (χ1) is 10.6. The summed E-state index contributed by atoms with van der Waals surface area (Å²) >= 11 is 0. The van der Waals surface area contributed by atoms with Crippen molar-refractivity contribution in [3.05, 3.63) is 35.9 Å². The molecule has 0 radical (unpaired) electrons. The Morgan fingerprint density at radius 2 is 2.05 bits per heavy atom. The van der Waals surface area contributed by atoms with Crippen LogP contribution in [0.4, 0.5) is 0 Å². The highest BCUT2D eigenvalue weighted by Gasteiger charge is 2.50. The molecule has 0 aromatic heterocycles. The number of methoxy groups -OCH3 is 2. The molecule has 2 unspecified atom stereocenters. The minimum absolute atomic E-state index is 0.0877. The Morgan fingerprint density at radius 3 is 2.68 bits per heavy atom. The second kappa shape index (κ2) is 5.48. The molecule has 3 rings (SSSR count). The summed E-state index contributed by atoms with van der Waals surface area (Å²) in [6.07, 6.45) is 2.94. The van der Waals surface area contributed by atoms with Crippen LogP contribution in [0.2, 0.25) is 0 Å². The molecule has 5 heteroatoms. The lowest BCUT2D eigenvalue weighted by Gasteiger charge is -2.27. The van der Waals surface area contributed by atoms with Crippen LogP contribution in [-0.2, 0) is 16.0 Å². The Bertz CT molecular complexity index is 652. The summed E-state index contributed by atoms with van der Waals surface area (Å²) in [5.41, 5.74) is 1.86. The third-order valence-corrected chi connectivity index (χ3v) is 4.55. The molecule has 1 aliphatic heterocycles. The van der Waals surface area contributed by atoms with Gasteiger partial charge in [-0.05, 0) is 24.5 Å². The maximum atomic E-state index is 12.6. The SMILES string of the molecule is C=CCN1C(=O)C2CCc3c(ccc(OC)c3OC)C2C1=O. The molecule has 1 heterocycles. The molecule has 1 aliphatic carbocycles. The Morgan fingerprint density at radius 1 is 1.27 bits per heavy atom. The Hall–Kier alpha value is -2.30. The van der Waals surface area contributed by atoms with Crippen molar-refractivity contribution in [3.8, 4) is 11.5 Å². The first kappa shape index (κ1) is 14.6. The Kier molecular flexibility index (Phi) is 3.64. The molecule has 2 aliphatic rings. The zero-order valence-corrected chi connectivity index (χ0v) is 12.8. The van der Waals surface area contributed by atoms with Crippen molar-refractivity contribution in [1.82, 2.24) is 4.90 Å². The van der Waals surface area contributed by atoms with Crippen LogP contribution in [0.15, 0.2) is 24.8 Å². The lowest BCUT2D eigenvalue weighted by Crippen LogP contribution is -2.30. The van der Waals surface area contributed by atoms with Crippen LogP contribution in [0.3, 0.4) is 0 Å². The molecule has 22 heavy (non-hydrogen) atoms. The monoisotopic (exact) mass is 301 g/mol. The van der Waals surface area contributed by atoms with Crippen LogP contribution in [-0.4, -0.2) is 37.5 Å². The van der Waals surface area contributed by atoms with Crippen molar-refractivity contribution in [2.24, 2.45) is 5.92 Å². The largest absolute Gasteiger partial charge is 0.493 e. The molecule has 0 spiro atoms. The highest BCUT2D eigenvalue weighted by Crippen LogP contribution is 2.47. The van der Waals surface area contributed by atoms with Crippen LogP contribution < -0.4 is 9.47 Å². The lowest BCUT2D eigenvalue weighted by molar-refractivity contribution is -0.138. The molecule has 5 nitrogen and oxygen atoms in total. The number of hydrogen-bond donors (Lipinski definition) is 0. The fourth-order valence-electron chi connectivity index (χ4n) is 3.60. The highest BCUT2D eigenvalue weighted by molar-refractivity contribution is 6.08. The number of hydrogen-bond acceptors (Lipinski definition) is 4. The summed E-state index contributed by atoms with van der Waals surface area (Å²) in [6, 6.07) is 3.68. The molecule has 1 fully saturated rings. The van der Waals surface area contributed by atoms with E-state index < -0.39 is 5.92 Å². The number of rotatable bonds is 4. The number of amides is 2. The normalized spacial score (nSPS) is 23.1. The minimum Gasteiger partial charge on any atom is -0.493 e. The van der Waals surface area contributed by atoms with Gasteiger partial charge in [0.2, 0.25) is 11.8 Å². The number of carbonyl (C=O) groups is 2. The van der Waals surface area contributed by atoms with Gasteiger partial charge in [0.15, 0.2) is 11.5 Å². The van der Waals surface area contributed by atoms with Crippen LogP contribution >= 0.6 is 0 Å². The van der Waals surface area contributed by atoms with Crippen LogP contribution in [0.5, 0.6) is 11.5 Å². The smallest absolute Gasteiger partial charge is 0.237 e. The number of likely N-dealkylation sites (tertiary alicyclic amines) is 1. The van der Waals surface area contributed by atoms with Crippen molar-refractivity contribution < 1.29 is 19.1 Å². The number of carbonyl (C=O) groups excluding carboxylic acids is 2. The van der Waals surface area contributed by atoms with Gasteiger partial charge in [-0.1, -0.05) is 12.1 Å². The average molecular weight is 301 g/mol. The van der Waals surface area contributed by atoms with Gasteiger partial charge < -0.3 is 9.47 Å². The van der Waals surface area contributed by atoms with Gasteiger partial charge in [-0.2, -0.15) is 0 Å². The van der Waals surface area contributed by atoms with E-state index in [1.165, 1.54) is 4.90 Å². The Balaban J connectivity index is 2.09. The van der Waals surface area contributed by atoms with E-state index in [2.05, 4.69) is 6.58 Å². The van der Waals surface area contributed by atoms with Crippen LogP contribution in [0, 0.1) is 5.92 Å². The molecule has 2 amide bonds. The van der Waals surface area contributed by atoms with Gasteiger partial charge in [-0.25, -0.2) is 0 Å². The number of imide groups is 1. The zero-order valence-electron chi connectivity index (χ0n) is 12.8. The molecule has 0 N–H and O–H groups in total. The summed E-state index contributed by atoms with van der Waals surface area (Å²) in [7, 11) is 3.18. The molecular weight excluding hydrogens is 282 g/mol. The second-order valence-corrected chi connectivity index (χ2v) is 5.57. The molecule has 0 saturated carbocycles. The third-order valence-electron chi connectivity index (χ3n) is 4.55. The summed E-state index contributed by atoms with van der Waals surface area (Å²) < 4.78 is 10.8. The summed E-state index contributed by atoms with van der Waals surface area (Å²) in [4.78, 5) is 26.4. The van der Waals surface area contributed by atoms with E-state index in [-0.39, 0.29) is 24.3 Å². The van der Waals surface area contributed by atoms with Crippen molar-refractivity contribution in [3.63, 3.8) is 0 Å². The first-order valence-corrected chi connectivity index (χ1v) is 7.33. The fraction of sp³-hybridized carbons (Fsp3) is 0.412. The lowest BCUT2D eigenvalue weighted by atomic mass is 9.76. The zero-order chi connectivity index (χ0) is 15.9. The standard InChI is InChI=1S/C17H19NO4/c1-4-9-18-16(19)12-6-5-11-10(14(12)17(18)20)7-8-13(21-2)15(11)22-3/h4,7-8,12,14H,1,5-6,9H2,2-3H3. The van der Waals surface area contributed by atoms with Gasteiger partial charge >= 0.3 is 0 Å². The summed E-state index contributed by atoms with van der Waals surface area (Å²) in [6.45, 7) is 3.89. The molecular formula is C17H19NO4. The topological polar surface area (TPSA) is 55.8 Å². The van der Waals surface area contributed by atoms with Gasteiger partial charge in [0.05, 0.1) is 26.1 Å². The van der Waals surface area contributed by atoms with E-state index in [0.717, 1.165) is 11.1 Å². The van der Waals surface area contributed by atoms with Crippen molar-refractivity contribution in [1.29, 1.82) is 0 Å². The van der Waals surface area contributed by atoms with E-state index in [1.54, 1.807) is 26.4 Å². The maximum absolute atomic E-state index is 12.6. The van der Waals surface area contributed by atoms with E-state index in [0.29, 0.717) is 24.3 Å². The van der Waals surface area contributed by atoms with Crippen molar-refractivity contribution in [2.75, 3.05) is 20.8 Å². The number of nitrogens with zero attached hydrogens (tertiary/aromatic N) is 1. The molecule has 1 aromatic rings. The van der Waals surface area contributed by atoms with Crippen LogP contribution in [0.25, 0.3) is 0 Å². The summed E-state index contributed by atoms with van der Waals surface area (Å²) in [5, 5.41) is 0. The number of ether oxygens (including phenoxy) is 2. The molecule has 1 aromatic carbocycles. The summed E-state index contributed by atoms with van der Waals surface area (Å²) in [5.74, 6) is 0.424. The van der Waals surface area contributed by atoms with Gasteiger partial charge in [-0.15, -0.1) is 6.58 Å². The van der Waals surface area contributed by atoms with E-state index in [4.69, 9.17) is 9.47 Å². The molecule has 2 atom stereocenters. The first-order valence-electron chi connectivity index (χ1n) is 7.33. The van der Waals surface area contributed by atoms with E-state index in [9.17, 15) is 9.59 Å². The second-order valence-electron chi connectivity index (χ2n) is 5.57.